The molecule has 0 N–H and O–H groups in total. The van der Waals surface area contributed by atoms with Crippen LogP contribution >= 0.6 is 0 Å². The van der Waals surface area contributed by atoms with Crippen molar-refractivity contribution in [1.82, 2.24) is 9.88 Å². The summed E-state index contributed by atoms with van der Waals surface area (Å²) >= 11 is 0. The average Bonchev–Trinajstić information content (AvgIpc) is 2.70. The lowest BCUT2D eigenvalue weighted by atomic mass is 9.86. The van der Waals surface area contributed by atoms with Crippen LogP contribution in [0.25, 0.3) is 10.9 Å². The summed E-state index contributed by atoms with van der Waals surface area (Å²) in [6.45, 7) is 1.63. The SMILES string of the molecule is O=C(CC1CCCCC1)N1CCC(Oc2cccc3cccnc23)CC1. The zero-order valence-electron chi connectivity index (χ0n) is 15.4. The van der Waals surface area contributed by atoms with Gasteiger partial charge < -0.3 is 9.64 Å². The molecule has 1 saturated carbocycles. The summed E-state index contributed by atoms with van der Waals surface area (Å²) in [5.41, 5.74) is 0.922. The predicted octanol–water partition coefficient (Wildman–Crippen LogP) is 4.58. The second kappa shape index (κ2) is 8.07. The van der Waals surface area contributed by atoms with Crippen molar-refractivity contribution in [2.24, 2.45) is 5.92 Å². The molecule has 0 bridgehead atoms. The third kappa shape index (κ3) is 4.00. The van der Waals surface area contributed by atoms with Crippen molar-refractivity contribution < 1.29 is 9.53 Å². The zero-order chi connectivity index (χ0) is 17.8. The van der Waals surface area contributed by atoms with E-state index in [0.717, 1.165) is 49.0 Å². The highest BCUT2D eigenvalue weighted by Crippen LogP contribution is 2.29. The first kappa shape index (κ1) is 17.3. The van der Waals surface area contributed by atoms with Gasteiger partial charge in [0.2, 0.25) is 5.91 Å². The lowest BCUT2D eigenvalue weighted by Crippen LogP contribution is -2.42. The molecule has 1 aliphatic heterocycles. The van der Waals surface area contributed by atoms with Gasteiger partial charge in [-0.3, -0.25) is 9.78 Å². The van der Waals surface area contributed by atoms with Crippen LogP contribution in [0.4, 0.5) is 0 Å². The molecule has 2 aliphatic rings. The van der Waals surface area contributed by atoms with Crippen LogP contribution in [-0.2, 0) is 4.79 Å². The highest BCUT2D eigenvalue weighted by Gasteiger charge is 2.26. The van der Waals surface area contributed by atoms with Crippen LogP contribution in [0.15, 0.2) is 36.5 Å². The number of benzene rings is 1. The number of ether oxygens (including phenoxy) is 1. The van der Waals surface area contributed by atoms with Crippen LogP contribution in [0.5, 0.6) is 5.75 Å². The minimum absolute atomic E-state index is 0.168. The van der Waals surface area contributed by atoms with E-state index >= 15 is 0 Å². The third-order valence-corrected chi connectivity index (χ3v) is 5.87. The maximum atomic E-state index is 12.6. The molecule has 4 rings (SSSR count). The first-order chi connectivity index (χ1) is 12.8. The molecular formula is C22H28N2O2. The number of hydrogen-bond donors (Lipinski definition) is 0. The van der Waals surface area contributed by atoms with Gasteiger partial charge in [0.1, 0.15) is 17.4 Å². The summed E-state index contributed by atoms with van der Waals surface area (Å²) in [5, 5.41) is 1.10. The highest BCUT2D eigenvalue weighted by molar-refractivity contribution is 5.84. The number of aromatic nitrogens is 1. The van der Waals surface area contributed by atoms with Gasteiger partial charge >= 0.3 is 0 Å². The first-order valence-corrected chi connectivity index (χ1v) is 10.1. The molecule has 2 heterocycles. The number of hydrogen-bond acceptors (Lipinski definition) is 3. The summed E-state index contributed by atoms with van der Waals surface area (Å²) in [7, 11) is 0. The number of piperidine rings is 1. The second-order valence-electron chi connectivity index (χ2n) is 7.74. The summed E-state index contributed by atoms with van der Waals surface area (Å²) in [6.07, 6.45) is 10.9. The molecule has 2 fully saturated rings. The fourth-order valence-corrected chi connectivity index (χ4v) is 4.34. The Morgan fingerprint density at radius 2 is 1.81 bits per heavy atom. The fraction of sp³-hybridized carbons (Fsp3) is 0.545. The normalized spacial score (nSPS) is 19.6. The van der Waals surface area contributed by atoms with E-state index in [-0.39, 0.29) is 6.10 Å². The Hall–Kier alpha value is -2.10. The van der Waals surface area contributed by atoms with Gasteiger partial charge in [-0.2, -0.15) is 0 Å². The van der Waals surface area contributed by atoms with Gasteiger partial charge in [-0.25, -0.2) is 0 Å². The summed E-state index contributed by atoms with van der Waals surface area (Å²) in [6, 6.07) is 10.1. The number of nitrogens with zero attached hydrogens (tertiary/aromatic N) is 2. The van der Waals surface area contributed by atoms with Crippen molar-refractivity contribution in [3.05, 3.63) is 36.5 Å². The maximum Gasteiger partial charge on any atom is 0.222 e. The summed E-state index contributed by atoms with van der Waals surface area (Å²) < 4.78 is 6.25. The highest BCUT2D eigenvalue weighted by atomic mass is 16.5. The first-order valence-electron chi connectivity index (χ1n) is 10.1. The molecule has 1 amide bonds. The van der Waals surface area contributed by atoms with Crippen molar-refractivity contribution in [3.63, 3.8) is 0 Å². The molecule has 26 heavy (non-hydrogen) atoms. The molecule has 0 spiro atoms. The van der Waals surface area contributed by atoms with E-state index in [4.69, 9.17) is 4.74 Å². The van der Waals surface area contributed by atoms with Crippen LogP contribution in [0.3, 0.4) is 0 Å². The average molecular weight is 352 g/mol. The molecule has 0 unspecified atom stereocenters. The lowest BCUT2D eigenvalue weighted by Gasteiger charge is -2.33. The van der Waals surface area contributed by atoms with Crippen molar-refractivity contribution in [3.8, 4) is 5.75 Å². The molecule has 1 aliphatic carbocycles. The summed E-state index contributed by atoms with van der Waals surface area (Å²) in [5.74, 6) is 1.82. The van der Waals surface area contributed by atoms with Crippen LogP contribution in [0.1, 0.15) is 51.4 Å². The molecule has 0 atom stereocenters. The van der Waals surface area contributed by atoms with Gasteiger partial charge in [0.15, 0.2) is 0 Å². The van der Waals surface area contributed by atoms with E-state index in [1.165, 1.54) is 32.1 Å². The number of pyridine rings is 1. The molecule has 4 heteroatoms. The van der Waals surface area contributed by atoms with E-state index in [1.807, 2.05) is 24.4 Å². The Kier molecular flexibility index (Phi) is 5.37. The van der Waals surface area contributed by atoms with Gasteiger partial charge in [-0.1, -0.05) is 37.5 Å². The third-order valence-electron chi connectivity index (χ3n) is 5.87. The minimum atomic E-state index is 0.168. The zero-order valence-corrected chi connectivity index (χ0v) is 15.4. The second-order valence-corrected chi connectivity index (χ2v) is 7.74. The molecule has 1 aromatic carbocycles. The molecular weight excluding hydrogens is 324 g/mol. The van der Waals surface area contributed by atoms with Crippen molar-refractivity contribution in [2.45, 2.75) is 57.5 Å². The standard InChI is InChI=1S/C22H28N2O2/c25-21(16-17-6-2-1-3-7-17)24-14-11-19(12-15-24)26-20-10-4-8-18-9-5-13-23-22(18)20/h4-5,8-10,13,17,19H,1-3,6-7,11-12,14-16H2. The van der Waals surface area contributed by atoms with Crippen LogP contribution < -0.4 is 4.74 Å². The van der Waals surface area contributed by atoms with E-state index in [0.29, 0.717) is 11.8 Å². The molecule has 4 nitrogen and oxygen atoms in total. The smallest absolute Gasteiger partial charge is 0.222 e. The number of carbonyl (C=O) groups is 1. The van der Waals surface area contributed by atoms with Crippen LogP contribution in [0.2, 0.25) is 0 Å². The topological polar surface area (TPSA) is 42.4 Å². The van der Waals surface area contributed by atoms with Crippen molar-refractivity contribution in [1.29, 1.82) is 0 Å². The Morgan fingerprint density at radius 3 is 2.62 bits per heavy atom. The summed E-state index contributed by atoms with van der Waals surface area (Å²) in [4.78, 5) is 19.1. The van der Waals surface area contributed by atoms with Gasteiger partial charge in [0.25, 0.3) is 0 Å². The van der Waals surface area contributed by atoms with Crippen molar-refractivity contribution in [2.75, 3.05) is 13.1 Å². The number of rotatable bonds is 4. The van der Waals surface area contributed by atoms with E-state index in [9.17, 15) is 4.79 Å². The number of fused-ring (bicyclic) bond motifs is 1. The number of likely N-dealkylation sites (tertiary alicyclic amines) is 1. The molecule has 1 aromatic heterocycles. The number of amides is 1. The van der Waals surface area contributed by atoms with Gasteiger partial charge in [-0.15, -0.1) is 0 Å². The number of para-hydroxylation sites is 1. The van der Waals surface area contributed by atoms with Crippen LogP contribution in [0, 0.1) is 5.92 Å². The van der Waals surface area contributed by atoms with E-state index in [2.05, 4.69) is 22.0 Å². The number of carbonyl (C=O) groups excluding carboxylic acids is 1. The predicted molar refractivity (Wildman–Crippen MR) is 103 cm³/mol. The van der Waals surface area contributed by atoms with Gasteiger partial charge in [-0.05, 0) is 30.9 Å². The minimum Gasteiger partial charge on any atom is -0.488 e. The molecule has 1 saturated heterocycles. The van der Waals surface area contributed by atoms with Crippen molar-refractivity contribution >= 4 is 16.8 Å². The molecule has 2 aromatic rings. The van der Waals surface area contributed by atoms with E-state index < -0.39 is 0 Å². The monoisotopic (exact) mass is 352 g/mol. The maximum absolute atomic E-state index is 12.6. The lowest BCUT2D eigenvalue weighted by molar-refractivity contribution is -0.134. The van der Waals surface area contributed by atoms with Gasteiger partial charge in [0, 0.05) is 43.9 Å². The fourth-order valence-electron chi connectivity index (χ4n) is 4.34. The quantitative estimate of drug-likeness (QED) is 0.809. The molecule has 138 valence electrons. The van der Waals surface area contributed by atoms with Gasteiger partial charge in [0.05, 0.1) is 0 Å². The Labute approximate surface area is 155 Å². The molecule has 0 radical (unpaired) electrons. The largest absolute Gasteiger partial charge is 0.488 e. The van der Waals surface area contributed by atoms with Crippen LogP contribution in [-0.4, -0.2) is 35.0 Å². The Morgan fingerprint density at radius 1 is 1.04 bits per heavy atom. The Balaban J connectivity index is 1.31. The Bertz CT molecular complexity index is 741. The van der Waals surface area contributed by atoms with E-state index in [1.54, 1.807) is 0 Å².